The number of nitrogens with zero attached hydrogens (tertiary/aromatic N) is 4. The number of pyridine rings is 1. The molecule has 0 radical (unpaired) electrons. The smallest absolute Gasteiger partial charge is 0.213 e. The molecule has 3 aromatic rings. The van der Waals surface area contributed by atoms with Crippen LogP contribution in [0.4, 0.5) is 10.2 Å². The van der Waals surface area contributed by atoms with Crippen molar-refractivity contribution in [2.24, 2.45) is 5.92 Å². The fourth-order valence-electron chi connectivity index (χ4n) is 4.35. The molecule has 4 heterocycles. The fourth-order valence-corrected chi connectivity index (χ4v) is 4.35. The van der Waals surface area contributed by atoms with Crippen molar-refractivity contribution >= 4 is 16.8 Å². The Morgan fingerprint density at radius 1 is 1.14 bits per heavy atom. The quantitative estimate of drug-likeness (QED) is 0.690. The number of aromatic nitrogens is 2. The summed E-state index contributed by atoms with van der Waals surface area (Å²) in [6.45, 7) is 4.47. The highest BCUT2D eigenvalue weighted by atomic mass is 19.1. The van der Waals surface area contributed by atoms with Gasteiger partial charge < -0.3 is 14.2 Å². The molecule has 2 aliphatic heterocycles. The first-order valence-corrected chi connectivity index (χ1v) is 9.84. The zero-order valence-electron chi connectivity index (χ0n) is 15.6. The first-order valence-electron chi connectivity index (χ1n) is 9.84. The van der Waals surface area contributed by atoms with E-state index in [0.29, 0.717) is 30.0 Å². The molecular formula is C21H23FN4O2. The van der Waals surface area contributed by atoms with E-state index >= 15 is 0 Å². The highest BCUT2D eigenvalue weighted by Gasteiger charge is 2.34. The lowest BCUT2D eigenvalue weighted by atomic mass is 9.91. The average molecular weight is 382 g/mol. The fraction of sp³-hybridized carbons (Fsp3) is 0.429. The zero-order chi connectivity index (χ0) is 18.9. The van der Waals surface area contributed by atoms with Gasteiger partial charge in [0.25, 0.3) is 0 Å². The normalized spacial score (nSPS) is 23.0. The number of piperidine rings is 1. The van der Waals surface area contributed by atoms with Gasteiger partial charge in [-0.2, -0.15) is 0 Å². The highest BCUT2D eigenvalue weighted by molar-refractivity contribution is 5.88. The molecule has 7 heteroatoms. The lowest BCUT2D eigenvalue weighted by molar-refractivity contribution is 0.0717. The Hall–Kier alpha value is -2.67. The molecule has 0 spiro atoms. The molecule has 28 heavy (non-hydrogen) atoms. The largest absolute Gasteiger partial charge is 0.477 e. The van der Waals surface area contributed by atoms with Crippen molar-refractivity contribution in [3.63, 3.8) is 0 Å². The van der Waals surface area contributed by atoms with Crippen molar-refractivity contribution in [3.05, 3.63) is 48.4 Å². The summed E-state index contributed by atoms with van der Waals surface area (Å²) >= 11 is 0. The maximum Gasteiger partial charge on any atom is 0.213 e. The molecule has 1 aromatic carbocycles. The predicted octanol–water partition coefficient (Wildman–Crippen LogP) is 3.34. The van der Waals surface area contributed by atoms with E-state index in [1.54, 1.807) is 12.3 Å². The Balaban J connectivity index is 1.21. The van der Waals surface area contributed by atoms with Gasteiger partial charge in [-0.1, -0.05) is 11.2 Å². The second-order valence-corrected chi connectivity index (χ2v) is 7.66. The molecule has 0 bridgehead atoms. The maximum absolute atomic E-state index is 13.7. The van der Waals surface area contributed by atoms with Crippen molar-refractivity contribution in [2.75, 3.05) is 37.7 Å². The number of rotatable bonds is 4. The predicted molar refractivity (Wildman–Crippen MR) is 104 cm³/mol. The van der Waals surface area contributed by atoms with Gasteiger partial charge in [-0.25, -0.2) is 9.37 Å². The Morgan fingerprint density at radius 3 is 3.00 bits per heavy atom. The minimum Gasteiger partial charge on any atom is -0.477 e. The summed E-state index contributed by atoms with van der Waals surface area (Å²) in [5.41, 5.74) is 0.634. The third-order valence-corrected chi connectivity index (χ3v) is 5.82. The molecule has 2 saturated heterocycles. The molecule has 2 fully saturated rings. The molecule has 146 valence electrons. The van der Waals surface area contributed by atoms with Crippen LogP contribution in [0.1, 0.15) is 12.8 Å². The molecular weight excluding hydrogens is 359 g/mol. The standard InChI is InChI=1S/C21H23FN4O2/c22-16-5-7-19-18(11-16)21(24-28-19)26-10-9-25-12-15(4-6-17(25)13-26)14-27-20-3-1-2-8-23-20/h1-3,5,7-8,11,15,17H,4,6,9-10,12-14H2. The van der Waals surface area contributed by atoms with Crippen LogP contribution >= 0.6 is 0 Å². The molecule has 2 aromatic heterocycles. The van der Waals surface area contributed by atoms with Gasteiger partial charge in [0.15, 0.2) is 11.4 Å². The van der Waals surface area contributed by atoms with Gasteiger partial charge in [0.05, 0.1) is 12.0 Å². The molecule has 2 unspecified atom stereocenters. The van der Waals surface area contributed by atoms with Gasteiger partial charge >= 0.3 is 0 Å². The minimum atomic E-state index is -0.260. The van der Waals surface area contributed by atoms with E-state index < -0.39 is 0 Å². The van der Waals surface area contributed by atoms with Crippen molar-refractivity contribution in [2.45, 2.75) is 18.9 Å². The Morgan fingerprint density at radius 2 is 2.11 bits per heavy atom. The summed E-state index contributed by atoms with van der Waals surface area (Å²) in [5, 5.41) is 4.97. The second kappa shape index (κ2) is 7.39. The Labute approximate surface area is 162 Å². The van der Waals surface area contributed by atoms with Gasteiger partial charge in [0, 0.05) is 50.4 Å². The number of fused-ring (bicyclic) bond motifs is 2. The minimum absolute atomic E-state index is 0.260. The number of halogens is 1. The van der Waals surface area contributed by atoms with Crippen molar-refractivity contribution in [3.8, 4) is 5.88 Å². The number of hydrogen-bond donors (Lipinski definition) is 0. The SMILES string of the molecule is Fc1ccc2onc(N3CCN4CC(COc5ccccn5)CCC4C3)c2c1. The van der Waals surface area contributed by atoms with Crippen molar-refractivity contribution in [1.82, 2.24) is 15.0 Å². The van der Waals surface area contributed by atoms with E-state index in [-0.39, 0.29) is 5.82 Å². The number of ether oxygens (including phenoxy) is 1. The molecule has 0 aliphatic carbocycles. The van der Waals surface area contributed by atoms with E-state index in [9.17, 15) is 4.39 Å². The van der Waals surface area contributed by atoms with Crippen LogP contribution in [-0.4, -0.2) is 53.9 Å². The third-order valence-electron chi connectivity index (χ3n) is 5.82. The van der Waals surface area contributed by atoms with E-state index in [1.807, 2.05) is 18.2 Å². The highest BCUT2D eigenvalue weighted by Crippen LogP contribution is 2.31. The van der Waals surface area contributed by atoms with Crippen LogP contribution in [0.15, 0.2) is 47.1 Å². The third kappa shape index (κ3) is 3.42. The summed E-state index contributed by atoms with van der Waals surface area (Å²) in [4.78, 5) is 9.01. The average Bonchev–Trinajstić information content (AvgIpc) is 3.15. The first-order chi connectivity index (χ1) is 13.8. The number of hydrogen-bond acceptors (Lipinski definition) is 6. The summed E-state index contributed by atoms with van der Waals surface area (Å²) in [6, 6.07) is 10.8. The Kier molecular flexibility index (Phi) is 4.60. The summed E-state index contributed by atoms with van der Waals surface area (Å²) in [5.74, 6) is 1.71. The maximum atomic E-state index is 13.7. The van der Waals surface area contributed by atoms with Crippen LogP contribution in [0.3, 0.4) is 0 Å². The van der Waals surface area contributed by atoms with Crippen LogP contribution in [0.2, 0.25) is 0 Å². The van der Waals surface area contributed by atoms with Crippen LogP contribution in [0.5, 0.6) is 5.88 Å². The summed E-state index contributed by atoms with van der Waals surface area (Å²) < 4.78 is 24.9. The summed E-state index contributed by atoms with van der Waals surface area (Å²) in [6.07, 6.45) is 4.01. The topological polar surface area (TPSA) is 54.6 Å². The lowest BCUT2D eigenvalue weighted by Crippen LogP contribution is -2.57. The van der Waals surface area contributed by atoms with E-state index in [4.69, 9.17) is 9.26 Å². The van der Waals surface area contributed by atoms with Gasteiger partial charge in [-0.05, 0) is 37.1 Å². The molecule has 2 aliphatic rings. The number of benzene rings is 1. The van der Waals surface area contributed by atoms with Gasteiger partial charge in [0.2, 0.25) is 5.88 Å². The van der Waals surface area contributed by atoms with Gasteiger partial charge in [-0.15, -0.1) is 0 Å². The van der Waals surface area contributed by atoms with Crippen molar-refractivity contribution in [1.29, 1.82) is 0 Å². The van der Waals surface area contributed by atoms with Gasteiger partial charge in [-0.3, -0.25) is 4.90 Å². The monoisotopic (exact) mass is 382 g/mol. The molecule has 2 atom stereocenters. The summed E-state index contributed by atoms with van der Waals surface area (Å²) in [7, 11) is 0. The van der Waals surface area contributed by atoms with E-state index in [0.717, 1.165) is 50.2 Å². The van der Waals surface area contributed by atoms with Crippen LogP contribution in [0, 0.1) is 11.7 Å². The van der Waals surface area contributed by atoms with Crippen LogP contribution in [-0.2, 0) is 0 Å². The molecule has 0 saturated carbocycles. The van der Waals surface area contributed by atoms with Crippen LogP contribution < -0.4 is 9.64 Å². The number of piperazine rings is 1. The van der Waals surface area contributed by atoms with Crippen LogP contribution in [0.25, 0.3) is 11.0 Å². The number of anilines is 1. The lowest BCUT2D eigenvalue weighted by Gasteiger charge is -2.46. The zero-order valence-corrected chi connectivity index (χ0v) is 15.6. The molecule has 0 amide bonds. The second-order valence-electron chi connectivity index (χ2n) is 7.66. The molecule has 0 N–H and O–H groups in total. The van der Waals surface area contributed by atoms with E-state index in [1.165, 1.54) is 12.1 Å². The van der Waals surface area contributed by atoms with Gasteiger partial charge in [0.1, 0.15) is 5.82 Å². The molecule has 5 rings (SSSR count). The Bertz CT molecular complexity index is 948. The first kappa shape index (κ1) is 17.4. The van der Waals surface area contributed by atoms with Crippen molar-refractivity contribution < 1.29 is 13.7 Å². The molecule has 6 nitrogen and oxygen atoms in total. The van der Waals surface area contributed by atoms with E-state index in [2.05, 4.69) is 19.9 Å².